The summed E-state index contributed by atoms with van der Waals surface area (Å²) in [5.74, 6) is 1.09. The molecule has 0 bridgehead atoms. The highest BCUT2D eigenvalue weighted by Gasteiger charge is 2.29. The summed E-state index contributed by atoms with van der Waals surface area (Å²) in [5, 5.41) is 2.68. The number of ether oxygens (including phenoxy) is 3. The Hall–Kier alpha value is -2.78. The number of rotatable bonds is 9. The molecule has 3 rings (SSSR count). The van der Waals surface area contributed by atoms with E-state index in [1.165, 1.54) is 17.5 Å². The lowest BCUT2D eigenvalue weighted by molar-refractivity contribution is -0.118. The lowest BCUT2D eigenvalue weighted by atomic mass is 10.2. The van der Waals surface area contributed by atoms with Crippen LogP contribution >= 0.6 is 0 Å². The first-order valence-electron chi connectivity index (χ1n) is 10.3. The summed E-state index contributed by atoms with van der Waals surface area (Å²) in [7, 11) is -2.29. The minimum atomic E-state index is -3.71. The Kier molecular flexibility index (Phi) is 7.75. The molecule has 2 aromatic carbocycles. The summed E-state index contributed by atoms with van der Waals surface area (Å²) in [6, 6.07) is 11.5. The quantitative estimate of drug-likeness (QED) is 0.633. The van der Waals surface area contributed by atoms with Crippen LogP contribution in [0.3, 0.4) is 0 Å². The van der Waals surface area contributed by atoms with Gasteiger partial charge in [-0.3, -0.25) is 4.79 Å². The molecular formula is C22H28N2O6S. The Morgan fingerprint density at radius 3 is 2.26 bits per heavy atom. The van der Waals surface area contributed by atoms with Crippen molar-refractivity contribution in [2.24, 2.45) is 0 Å². The number of sulfonamides is 1. The third-order valence-corrected chi connectivity index (χ3v) is 6.80. The SMILES string of the molecule is CCOc1ccc(OCC(=O)Nc2ccc(OC)c(S(=O)(=O)N3CCCCC3)c2)cc1. The van der Waals surface area contributed by atoms with Crippen molar-refractivity contribution in [3.8, 4) is 17.2 Å². The topological polar surface area (TPSA) is 94.2 Å². The molecule has 0 radical (unpaired) electrons. The molecule has 0 unspecified atom stereocenters. The average molecular weight is 449 g/mol. The molecule has 8 nitrogen and oxygen atoms in total. The number of amides is 1. The molecule has 168 valence electrons. The summed E-state index contributed by atoms with van der Waals surface area (Å²) in [4.78, 5) is 12.4. The zero-order valence-corrected chi connectivity index (χ0v) is 18.6. The number of anilines is 1. The van der Waals surface area contributed by atoms with Crippen LogP contribution in [-0.4, -0.2) is 52.0 Å². The van der Waals surface area contributed by atoms with Gasteiger partial charge >= 0.3 is 0 Å². The number of methoxy groups -OCH3 is 1. The Balaban J connectivity index is 1.67. The fourth-order valence-electron chi connectivity index (χ4n) is 3.35. The number of benzene rings is 2. The first-order chi connectivity index (χ1) is 14.9. The van der Waals surface area contributed by atoms with Crippen molar-refractivity contribution in [2.45, 2.75) is 31.1 Å². The molecule has 1 heterocycles. The van der Waals surface area contributed by atoms with Crippen LogP contribution in [0.1, 0.15) is 26.2 Å². The summed E-state index contributed by atoms with van der Waals surface area (Å²) in [6.45, 7) is 3.22. The smallest absolute Gasteiger partial charge is 0.262 e. The second-order valence-electron chi connectivity index (χ2n) is 7.07. The van der Waals surface area contributed by atoms with E-state index in [1.807, 2.05) is 6.92 Å². The van der Waals surface area contributed by atoms with Crippen molar-refractivity contribution in [1.29, 1.82) is 0 Å². The third kappa shape index (κ3) is 5.89. The number of hydrogen-bond acceptors (Lipinski definition) is 6. The molecule has 0 aliphatic carbocycles. The van der Waals surface area contributed by atoms with Gasteiger partial charge in [0.05, 0.1) is 13.7 Å². The maximum absolute atomic E-state index is 13.1. The van der Waals surface area contributed by atoms with E-state index in [1.54, 1.807) is 36.4 Å². The van der Waals surface area contributed by atoms with Gasteiger partial charge in [0.15, 0.2) is 6.61 Å². The molecule has 31 heavy (non-hydrogen) atoms. The molecule has 1 aliphatic heterocycles. The fourth-order valence-corrected chi connectivity index (χ4v) is 5.04. The molecule has 1 N–H and O–H groups in total. The molecule has 1 amide bonds. The maximum atomic E-state index is 13.1. The number of nitrogens with one attached hydrogen (secondary N) is 1. The van der Waals surface area contributed by atoms with Gasteiger partial charge in [0, 0.05) is 18.8 Å². The first kappa shape index (κ1) is 22.9. The highest BCUT2D eigenvalue weighted by molar-refractivity contribution is 7.89. The number of piperidine rings is 1. The number of hydrogen-bond donors (Lipinski definition) is 1. The van der Waals surface area contributed by atoms with Crippen LogP contribution in [0.15, 0.2) is 47.4 Å². The molecule has 0 spiro atoms. The zero-order chi connectivity index (χ0) is 22.3. The van der Waals surface area contributed by atoms with Crippen molar-refractivity contribution in [1.82, 2.24) is 4.31 Å². The molecule has 1 fully saturated rings. The predicted molar refractivity (Wildman–Crippen MR) is 117 cm³/mol. The van der Waals surface area contributed by atoms with Crippen molar-refractivity contribution in [2.75, 3.05) is 38.7 Å². The van der Waals surface area contributed by atoms with E-state index >= 15 is 0 Å². The molecular weight excluding hydrogens is 420 g/mol. The van der Waals surface area contributed by atoms with Crippen molar-refractivity contribution in [3.05, 3.63) is 42.5 Å². The molecule has 2 aromatic rings. The van der Waals surface area contributed by atoms with Gasteiger partial charge in [-0.2, -0.15) is 4.31 Å². The van der Waals surface area contributed by atoms with Crippen LogP contribution in [0.2, 0.25) is 0 Å². The molecule has 0 saturated carbocycles. The van der Waals surface area contributed by atoms with Crippen LogP contribution in [0.5, 0.6) is 17.2 Å². The van der Waals surface area contributed by atoms with Gasteiger partial charge in [0.2, 0.25) is 10.0 Å². The molecule has 1 saturated heterocycles. The van der Waals surface area contributed by atoms with E-state index in [0.717, 1.165) is 25.0 Å². The summed E-state index contributed by atoms with van der Waals surface area (Å²) in [5.41, 5.74) is 0.358. The number of nitrogens with zero attached hydrogens (tertiary/aromatic N) is 1. The Morgan fingerprint density at radius 2 is 1.65 bits per heavy atom. The minimum absolute atomic E-state index is 0.0436. The van der Waals surface area contributed by atoms with Crippen LogP contribution < -0.4 is 19.5 Å². The second-order valence-corrected chi connectivity index (χ2v) is 8.98. The molecule has 9 heteroatoms. The van der Waals surface area contributed by atoms with Gasteiger partial charge in [0.25, 0.3) is 5.91 Å². The minimum Gasteiger partial charge on any atom is -0.495 e. The van der Waals surface area contributed by atoms with Crippen LogP contribution in [0, 0.1) is 0 Å². The predicted octanol–water partition coefficient (Wildman–Crippen LogP) is 3.29. The lowest BCUT2D eigenvalue weighted by Gasteiger charge is -2.26. The van der Waals surface area contributed by atoms with Crippen molar-refractivity contribution in [3.63, 3.8) is 0 Å². The first-order valence-corrected chi connectivity index (χ1v) is 11.7. The van der Waals surface area contributed by atoms with Gasteiger partial charge in [0.1, 0.15) is 22.1 Å². The van der Waals surface area contributed by atoms with Crippen LogP contribution in [0.4, 0.5) is 5.69 Å². The van der Waals surface area contributed by atoms with Crippen molar-refractivity contribution < 1.29 is 27.4 Å². The van der Waals surface area contributed by atoms with E-state index in [-0.39, 0.29) is 17.3 Å². The van der Waals surface area contributed by atoms with E-state index in [9.17, 15) is 13.2 Å². The Labute approximate surface area is 183 Å². The lowest BCUT2D eigenvalue weighted by Crippen LogP contribution is -2.35. The van der Waals surface area contributed by atoms with Gasteiger partial charge in [-0.1, -0.05) is 6.42 Å². The monoisotopic (exact) mass is 448 g/mol. The standard InChI is InChI=1S/C22H28N2O6S/c1-3-29-18-8-10-19(11-9-18)30-16-22(25)23-17-7-12-20(28-2)21(15-17)31(26,27)24-13-5-4-6-14-24/h7-12,15H,3-6,13-14,16H2,1-2H3,(H,23,25). The van der Waals surface area contributed by atoms with E-state index in [2.05, 4.69) is 5.32 Å². The fraction of sp³-hybridized carbons (Fsp3) is 0.409. The van der Waals surface area contributed by atoms with E-state index < -0.39 is 15.9 Å². The molecule has 0 atom stereocenters. The van der Waals surface area contributed by atoms with Gasteiger partial charge in [-0.05, 0) is 62.2 Å². The summed E-state index contributed by atoms with van der Waals surface area (Å²) < 4.78 is 43.8. The molecule has 0 aromatic heterocycles. The zero-order valence-electron chi connectivity index (χ0n) is 17.8. The van der Waals surface area contributed by atoms with E-state index in [4.69, 9.17) is 14.2 Å². The molecule has 1 aliphatic rings. The van der Waals surface area contributed by atoms with Gasteiger partial charge in [-0.15, -0.1) is 0 Å². The Morgan fingerprint density at radius 1 is 1.00 bits per heavy atom. The number of carbonyl (C=O) groups excluding carboxylic acids is 1. The highest BCUT2D eigenvalue weighted by Crippen LogP contribution is 2.31. The normalized spacial score (nSPS) is 14.6. The second kappa shape index (κ2) is 10.5. The Bertz CT molecular complexity index is 986. The maximum Gasteiger partial charge on any atom is 0.262 e. The largest absolute Gasteiger partial charge is 0.495 e. The highest BCUT2D eigenvalue weighted by atomic mass is 32.2. The number of carbonyl (C=O) groups is 1. The van der Waals surface area contributed by atoms with E-state index in [0.29, 0.717) is 31.1 Å². The van der Waals surface area contributed by atoms with Crippen LogP contribution in [-0.2, 0) is 14.8 Å². The van der Waals surface area contributed by atoms with Crippen LogP contribution in [0.25, 0.3) is 0 Å². The summed E-state index contributed by atoms with van der Waals surface area (Å²) >= 11 is 0. The summed E-state index contributed by atoms with van der Waals surface area (Å²) in [6.07, 6.45) is 2.69. The van der Waals surface area contributed by atoms with Gasteiger partial charge < -0.3 is 19.5 Å². The van der Waals surface area contributed by atoms with Gasteiger partial charge in [-0.25, -0.2) is 8.42 Å². The van der Waals surface area contributed by atoms with Crippen molar-refractivity contribution >= 4 is 21.6 Å². The third-order valence-electron chi connectivity index (χ3n) is 4.88. The average Bonchev–Trinajstić information content (AvgIpc) is 2.79.